The normalized spacial score (nSPS) is 18.0. The average molecular weight is 347 g/mol. The second kappa shape index (κ2) is 6.33. The Morgan fingerprint density at radius 1 is 1.29 bits per heavy atom. The van der Waals surface area contributed by atoms with Crippen LogP contribution in [0.25, 0.3) is 17.2 Å². The highest BCUT2D eigenvalue weighted by molar-refractivity contribution is 6.32. The number of imidazole rings is 1. The highest BCUT2D eigenvalue weighted by atomic mass is 35.5. The Morgan fingerprint density at radius 2 is 2.21 bits per heavy atom. The molecule has 1 atom stereocenters. The Hall–Kier alpha value is -2.25. The molecule has 0 bridgehead atoms. The number of rotatable bonds is 3. The number of pyridine rings is 1. The molecular formula is C16H16ClFN6. The number of aromatic nitrogens is 4. The summed E-state index contributed by atoms with van der Waals surface area (Å²) in [6, 6.07) is 3.26. The molecule has 1 aliphatic heterocycles. The molecule has 1 aliphatic rings. The van der Waals surface area contributed by atoms with Gasteiger partial charge in [-0.2, -0.15) is 0 Å². The van der Waals surface area contributed by atoms with Gasteiger partial charge in [-0.05, 0) is 31.5 Å². The van der Waals surface area contributed by atoms with Crippen molar-refractivity contribution in [3.8, 4) is 11.5 Å². The fraction of sp³-hybridized carbons (Fsp3) is 0.312. The number of nitrogens with one attached hydrogen (secondary N) is 2. The van der Waals surface area contributed by atoms with Crippen molar-refractivity contribution >= 4 is 23.1 Å². The number of halogens is 2. The molecule has 2 N–H and O–H groups in total. The molecule has 0 spiro atoms. The van der Waals surface area contributed by atoms with E-state index in [-0.39, 0.29) is 11.9 Å². The SMILES string of the molecule is Fc1ccc2ncc(-c3ncc(Cl)c(N[C@@H]4CCCNC4)n3)n2c1. The summed E-state index contributed by atoms with van der Waals surface area (Å²) in [4.78, 5) is 13.1. The molecule has 0 aliphatic carbocycles. The molecule has 1 fully saturated rings. The number of fused-ring (bicyclic) bond motifs is 1. The van der Waals surface area contributed by atoms with Crippen molar-refractivity contribution in [2.24, 2.45) is 0 Å². The van der Waals surface area contributed by atoms with E-state index in [0.29, 0.717) is 28.0 Å². The summed E-state index contributed by atoms with van der Waals surface area (Å²) in [6.45, 7) is 1.91. The average Bonchev–Trinajstić information content (AvgIpc) is 3.01. The first kappa shape index (κ1) is 15.3. The number of nitrogens with zero attached hydrogens (tertiary/aromatic N) is 4. The van der Waals surface area contributed by atoms with Crippen LogP contribution in [0.15, 0.2) is 30.7 Å². The zero-order chi connectivity index (χ0) is 16.5. The first-order valence-electron chi connectivity index (χ1n) is 7.83. The minimum atomic E-state index is -0.345. The van der Waals surface area contributed by atoms with E-state index in [1.165, 1.54) is 12.3 Å². The van der Waals surface area contributed by atoms with Gasteiger partial charge in [-0.25, -0.2) is 19.3 Å². The third kappa shape index (κ3) is 2.92. The van der Waals surface area contributed by atoms with Crippen molar-refractivity contribution in [1.82, 2.24) is 24.7 Å². The van der Waals surface area contributed by atoms with Crippen molar-refractivity contribution in [3.63, 3.8) is 0 Å². The van der Waals surface area contributed by atoms with Gasteiger partial charge in [0.1, 0.15) is 28.0 Å². The topological polar surface area (TPSA) is 67.1 Å². The maximum atomic E-state index is 13.5. The smallest absolute Gasteiger partial charge is 0.180 e. The molecule has 4 rings (SSSR count). The van der Waals surface area contributed by atoms with Crippen molar-refractivity contribution < 1.29 is 4.39 Å². The molecule has 4 heterocycles. The van der Waals surface area contributed by atoms with Crippen molar-refractivity contribution in [2.75, 3.05) is 18.4 Å². The van der Waals surface area contributed by atoms with E-state index in [4.69, 9.17) is 11.6 Å². The minimum absolute atomic E-state index is 0.277. The lowest BCUT2D eigenvalue weighted by Crippen LogP contribution is -2.38. The van der Waals surface area contributed by atoms with Gasteiger partial charge in [0.15, 0.2) is 5.82 Å². The van der Waals surface area contributed by atoms with Crippen LogP contribution < -0.4 is 10.6 Å². The van der Waals surface area contributed by atoms with E-state index in [2.05, 4.69) is 25.6 Å². The van der Waals surface area contributed by atoms with Gasteiger partial charge in [0.25, 0.3) is 0 Å². The van der Waals surface area contributed by atoms with Gasteiger partial charge >= 0.3 is 0 Å². The zero-order valence-electron chi connectivity index (χ0n) is 12.8. The lowest BCUT2D eigenvalue weighted by molar-refractivity contribution is 0.479. The number of hydrogen-bond acceptors (Lipinski definition) is 5. The molecule has 6 nitrogen and oxygen atoms in total. The highest BCUT2D eigenvalue weighted by Gasteiger charge is 2.17. The predicted molar refractivity (Wildman–Crippen MR) is 90.7 cm³/mol. The molecule has 0 aromatic carbocycles. The molecular weight excluding hydrogens is 331 g/mol. The monoisotopic (exact) mass is 346 g/mol. The number of anilines is 1. The van der Waals surface area contributed by atoms with Crippen LogP contribution in [-0.4, -0.2) is 38.5 Å². The van der Waals surface area contributed by atoms with E-state index in [9.17, 15) is 4.39 Å². The van der Waals surface area contributed by atoms with Gasteiger partial charge in [-0.15, -0.1) is 0 Å². The molecule has 3 aromatic rings. The minimum Gasteiger partial charge on any atom is -0.365 e. The van der Waals surface area contributed by atoms with Gasteiger partial charge in [-0.3, -0.25) is 4.40 Å². The molecule has 0 radical (unpaired) electrons. The Morgan fingerprint density at radius 3 is 3.04 bits per heavy atom. The first-order chi connectivity index (χ1) is 11.7. The molecule has 8 heteroatoms. The van der Waals surface area contributed by atoms with Crippen molar-refractivity contribution in [2.45, 2.75) is 18.9 Å². The van der Waals surface area contributed by atoms with Gasteiger partial charge in [-0.1, -0.05) is 11.6 Å². The second-order valence-electron chi connectivity index (χ2n) is 5.80. The fourth-order valence-corrected chi connectivity index (χ4v) is 3.03. The van der Waals surface area contributed by atoms with E-state index in [0.717, 1.165) is 25.9 Å². The summed E-state index contributed by atoms with van der Waals surface area (Å²) in [5, 5.41) is 7.17. The van der Waals surface area contributed by atoms with Gasteiger partial charge in [0, 0.05) is 18.8 Å². The summed E-state index contributed by atoms with van der Waals surface area (Å²) in [7, 11) is 0. The summed E-state index contributed by atoms with van der Waals surface area (Å²) >= 11 is 6.23. The van der Waals surface area contributed by atoms with Crippen LogP contribution in [0.4, 0.5) is 10.2 Å². The molecule has 0 amide bonds. The largest absolute Gasteiger partial charge is 0.365 e. The highest BCUT2D eigenvalue weighted by Crippen LogP contribution is 2.25. The van der Waals surface area contributed by atoms with E-state index < -0.39 is 0 Å². The lowest BCUT2D eigenvalue weighted by Gasteiger charge is -2.24. The van der Waals surface area contributed by atoms with E-state index >= 15 is 0 Å². The fourth-order valence-electron chi connectivity index (χ4n) is 2.88. The Balaban J connectivity index is 1.70. The van der Waals surface area contributed by atoms with Gasteiger partial charge in [0.05, 0.1) is 12.4 Å². The maximum absolute atomic E-state index is 13.5. The van der Waals surface area contributed by atoms with E-state index in [1.54, 1.807) is 22.9 Å². The Kier molecular flexibility index (Phi) is 4.03. The van der Waals surface area contributed by atoms with Gasteiger partial charge < -0.3 is 10.6 Å². The standard InChI is InChI=1S/C16H16ClFN6/c17-12-7-21-16(23-15(12)22-11-2-1-5-19-6-11)13-8-20-14-4-3-10(18)9-24(13)14/h3-4,7-9,11,19H,1-2,5-6H2,(H,21,22,23)/t11-/m1/s1. The van der Waals surface area contributed by atoms with Crippen LogP contribution in [0, 0.1) is 5.82 Å². The molecule has 0 unspecified atom stereocenters. The van der Waals surface area contributed by atoms with E-state index in [1.807, 2.05) is 0 Å². The molecule has 24 heavy (non-hydrogen) atoms. The van der Waals surface area contributed by atoms with Crippen LogP contribution >= 0.6 is 11.6 Å². The van der Waals surface area contributed by atoms with Crippen LogP contribution in [0.2, 0.25) is 5.02 Å². The summed E-state index contributed by atoms with van der Waals surface area (Å²) in [5.41, 5.74) is 1.25. The molecule has 124 valence electrons. The van der Waals surface area contributed by atoms with Crippen LogP contribution in [0.3, 0.4) is 0 Å². The molecule has 3 aromatic heterocycles. The van der Waals surface area contributed by atoms with Crippen LogP contribution in [0.1, 0.15) is 12.8 Å². The quantitative estimate of drug-likeness (QED) is 0.763. The number of hydrogen-bond donors (Lipinski definition) is 2. The summed E-state index contributed by atoms with van der Waals surface area (Å²) < 4.78 is 15.2. The summed E-state index contributed by atoms with van der Waals surface area (Å²) in [6.07, 6.45) is 6.72. The second-order valence-corrected chi connectivity index (χ2v) is 6.20. The van der Waals surface area contributed by atoms with Crippen LogP contribution in [0.5, 0.6) is 0 Å². The number of piperidine rings is 1. The van der Waals surface area contributed by atoms with Gasteiger partial charge in [0.2, 0.25) is 0 Å². The van der Waals surface area contributed by atoms with Crippen molar-refractivity contribution in [1.29, 1.82) is 0 Å². The molecule has 1 saturated heterocycles. The maximum Gasteiger partial charge on any atom is 0.180 e. The summed E-state index contributed by atoms with van der Waals surface area (Å²) in [5.74, 6) is 0.688. The molecule has 0 saturated carbocycles. The van der Waals surface area contributed by atoms with Crippen LogP contribution in [-0.2, 0) is 0 Å². The third-order valence-electron chi connectivity index (χ3n) is 4.08. The predicted octanol–water partition coefficient (Wildman–Crippen LogP) is 2.75. The zero-order valence-corrected chi connectivity index (χ0v) is 13.6. The Bertz CT molecular complexity index is 874. The van der Waals surface area contributed by atoms with Crippen molar-refractivity contribution in [3.05, 3.63) is 41.6 Å². The Labute approximate surface area is 143 Å². The third-order valence-corrected chi connectivity index (χ3v) is 4.36. The lowest BCUT2D eigenvalue weighted by atomic mass is 10.1. The first-order valence-corrected chi connectivity index (χ1v) is 8.21.